The highest BCUT2D eigenvalue weighted by molar-refractivity contribution is 6.17. The first-order chi connectivity index (χ1) is 8.74. The smallest absolute Gasteiger partial charge is 0.223 e. The molecule has 0 radical (unpaired) electrons. The summed E-state index contributed by atoms with van der Waals surface area (Å²) in [5, 5.41) is 3.12. The van der Waals surface area contributed by atoms with Gasteiger partial charge in [0.2, 0.25) is 5.91 Å². The molecule has 0 heterocycles. The van der Waals surface area contributed by atoms with Gasteiger partial charge in [-0.05, 0) is 36.8 Å². The number of hydrogen-bond donors (Lipinski definition) is 1. The Morgan fingerprint density at radius 2 is 2.00 bits per heavy atom. The second-order valence-electron chi connectivity index (χ2n) is 4.97. The third-order valence-corrected chi connectivity index (χ3v) is 3.94. The highest BCUT2D eigenvalue weighted by Crippen LogP contribution is 2.26. The number of carbonyl (C=O) groups excluding carboxylic acids is 1. The predicted molar refractivity (Wildman–Crippen MR) is 74.9 cm³/mol. The molecule has 98 valence electrons. The monoisotopic (exact) mass is 265 g/mol. The molecule has 0 spiro atoms. The minimum Gasteiger partial charge on any atom is -0.353 e. The molecule has 1 amide bonds. The van der Waals surface area contributed by atoms with Crippen molar-refractivity contribution in [3.63, 3.8) is 0 Å². The van der Waals surface area contributed by atoms with Crippen molar-refractivity contribution in [1.29, 1.82) is 0 Å². The zero-order valence-electron chi connectivity index (χ0n) is 10.8. The Kier molecular flexibility index (Phi) is 4.65. The Labute approximate surface area is 114 Å². The molecule has 3 heteroatoms. The van der Waals surface area contributed by atoms with E-state index >= 15 is 0 Å². The van der Waals surface area contributed by atoms with Gasteiger partial charge in [0.15, 0.2) is 0 Å². The van der Waals surface area contributed by atoms with Gasteiger partial charge in [0, 0.05) is 17.8 Å². The summed E-state index contributed by atoms with van der Waals surface area (Å²) in [6, 6.07) is 8.55. The van der Waals surface area contributed by atoms with E-state index in [2.05, 4.69) is 24.4 Å². The molecule has 1 N–H and O–H groups in total. The summed E-state index contributed by atoms with van der Waals surface area (Å²) in [6.07, 6.45) is 3.54. The summed E-state index contributed by atoms with van der Waals surface area (Å²) in [4.78, 5) is 12.2. The zero-order chi connectivity index (χ0) is 13.0. The SMILES string of the molecule is CCC(CCCl)NC(=O)C1Cc2ccccc2C1. The van der Waals surface area contributed by atoms with E-state index in [-0.39, 0.29) is 17.9 Å². The van der Waals surface area contributed by atoms with Gasteiger partial charge in [-0.15, -0.1) is 11.6 Å². The number of amides is 1. The van der Waals surface area contributed by atoms with E-state index in [1.165, 1.54) is 11.1 Å². The van der Waals surface area contributed by atoms with Crippen molar-refractivity contribution in [2.24, 2.45) is 5.92 Å². The van der Waals surface area contributed by atoms with Crippen molar-refractivity contribution in [2.75, 3.05) is 5.88 Å². The Balaban J connectivity index is 1.92. The van der Waals surface area contributed by atoms with Crippen molar-refractivity contribution in [2.45, 2.75) is 38.6 Å². The predicted octanol–water partition coefficient (Wildman–Crippen LogP) is 2.93. The fourth-order valence-electron chi connectivity index (χ4n) is 2.57. The number of alkyl halides is 1. The molecule has 0 fully saturated rings. The van der Waals surface area contributed by atoms with Crippen LogP contribution < -0.4 is 5.32 Å². The Morgan fingerprint density at radius 3 is 2.50 bits per heavy atom. The van der Waals surface area contributed by atoms with E-state index < -0.39 is 0 Å². The Hall–Kier alpha value is -1.02. The highest BCUT2D eigenvalue weighted by atomic mass is 35.5. The van der Waals surface area contributed by atoms with E-state index in [9.17, 15) is 4.79 Å². The lowest BCUT2D eigenvalue weighted by Crippen LogP contribution is -2.39. The molecule has 1 unspecified atom stereocenters. The van der Waals surface area contributed by atoms with Crippen LogP contribution in [0.4, 0.5) is 0 Å². The molecular weight excluding hydrogens is 246 g/mol. The van der Waals surface area contributed by atoms with Crippen LogP contribution >= 0.6 is 11.6 Å². The van der Waals surface area contributed by atoms with Crippen molar-refractivity contribution in [1.82, 2.24) is 5.32 Å². The summed E-state index contributed by atoms with van der Waals surface area (Å²) >= 11 is 5.74. The van der Waals surface area contributed by atoms with Crippen LogP contribution in [-0.2, 0) is 17.6 Å². The summed E-state index contributed by atoms with van der Waals surface area (Å²) in [7, 11) is 0. The molecule has 0 bridgehead atoms. The first-order valence-corrected chi connectivity index (χ1v) is 7.21. The molecule has 0 saturated carbocycles. The summed E-state index contributed by atoms with van der Waals surface area (Å²) in [5.74, 6) is 0.888. The average Bonchev–Trinajstić information content (AvgIpc) is 2.82. The van der Waals surface area contributed by atoms with Crippen LogP contribution in [-0.4, -0.2) is 17.8 Å². The quantitative estimate of drug-likeness (QED) is 0.815. The highest BCUT2D eigenvalue weighted by Gasteiger charge is 2.27. The Morgan fingerprint density at radius 1 is 1.39 bits per heavy atom. The third-order valence-electron chi connectivity index (χ3n) is 3.72. The fourth-order valence-corrected chi connectivity index (χ4v) is 2.84. The van der Waals surface area contributed by atoms with E-state index in [0.29, 0.717) is 5.88 Å². The van der Waals surface area contributed by atoms with Gasteiger partial charge in [-0.2, -0.15) is 0 Å². The molecule has 1 aromatic carbocycles. The standard InChI is InChI=1S/C15H20ClNO/c1-2-14(7-8-16)17-15(18)13-9-11-5-3-4-6-12(11)10-13/h3-6,13-14H,2,7-10H2,1H3,(H,17,18). The molecule has 1 aliphatic rings. The fraction of sp³-hybridized carbons (Fsp3) is 0.533. The van der Waals surface area contributed by atoms with Crippen molar-refractivity contribution in [3.05, 3.63) is 35.4 Å². The topological polar surface area (TPSA) is 29.1 Å². The van der Waals surface area contributed by atoms with Gasteiger partial charge in [0.05, 0.1) is 0 Å². The maximum absolute atomic E-state index is 12.2. The van der Waals surface area contributed by atoms with Crippen LogP contribution in [0.1, 0.15) is 30.9 Å². The lowest BCUT2D eigenvalue weighted by molar-refractivity contribution is -0.125. The number of halogens is 1. The molecule has 0 aliphatic heterocycles. The first-order valence-electron chi connectivity index (χ1n) is 6.67. The van der Waals surface area contributed by atoms with Crippen LogP contribution in [0.3, 0.4) is 0 Å². The molecule has 2 rings (SSSR count). The van der Waals surface area contributed by atoms with Crippen LogP contribution in [0.15, 0.2) is 24.3 Å². The molecule has 2 nitrogen and oxygen atoms in total. The largest absolute Gasteiger partial charge is 0.353 e. The normalized spacial score (nSPS) is 16.3. The number of benzene rings is 1. The summed E-state index contributed by atoms with van der Waals surface area (Å²) in [5.41, 5.74) is 2.64. The van der Waals surface area contributed by atoms with Gasteiger partial charge in [-0.3, -0.25) is 4.79 Å². The summed E-state index contributed by atoms with van der Waals surface area (Å²) < 4.78 is 0. The maximum Gasteiger partial charge on any atom is 0.223 e. The number of fused-ring (bicyclic) bond motifs is 1. The molecule has 0 saturated heterocycles. The van der Waals surface area contributed by atoms with Crippen LogP contribution in [0.2, 0.25) is 0 Å². The Bertz CT molecular complexity index is 394. The molecule has 1 atom stereocenters. The summed E-state index contributed by atoms with van der Waals surface area (Å²) in [6.45, 7) is 2.08. The average molecular weight is 266 g/mol. The van der Waals surface area contributed by atoms with Gasteiger partial charge >= 0.3 is 0 Å². The molecule has 1 aromatic rings. The van der Waals surface area contributed by atoms with E-state index in [1.807, 2.05) is 12.1 Å². The van der Waals surface area contributed by atoms with Gasteiger partial charge in [-0.1, -0.05) is 31.2 Å². The van der Waals surface area contributed by atoms with Crippen LogP contribution in [0.5, 0.6) is 0 Å². The molecule has 18 heavy (non-hydrogen) atoms. The van der Waals surface area contributed by atoms with Gasteiger partial charge < -0.3 is 5.32 Å². The minimum atomic E-state index is 0.103. The molecular formula is C15H20ClNO. The number of rotatable bonds is 5. The second kappa shape index (κ2) is 6.24. The van der Waals surface area contributed by atoms with E-state index in [1.54, 1.807) is 0 Å². The van der Waals surface area contributed by atoms with Crippen LogP contribution in [0, 0.1) is 5.92 Å². The number of hydrogen-bond acceptors (Lipinski definition) is 1. The van der Waals surface area contributed by atoms with Crippen LogP contribution in [0.25, 0.3) is 0 Å². The first kappa shape index (κ1) is 13.4. The lowest BCUT2D eigenvalue weighted by atomic mass is 10.0. The van der Waals surface area contributed by atoms with E-state index in [4.69, 9.17) is 11.6 Å². The number of nitrogens with one attached hydrogen (secondary N) is 1. The van der Waals surface area contributed by atoms with Crippen molar-refractivity contribution < 1.29 is 4.79 Å². The maximum atomic E-state index is 12.2. The van der Waals surface area contributed by atoms with E-state index in [0.717, 1.165) is 25.7 Å². The number of carbonyl (C=O) groups is 1. The van der Waals surface area contributed by atoms with Gasteiger partial charge in [0.25, 0.3) is 0 Å². The van der Waals surface area contributed by atoms with Crippen molar-refractivity contribution in [3.8, 4) is 0 Å². The molecule has 1 aliphatic carbocycles. The second-order valence-corrected chi connectivity index (χ2v) is 5.34. The van der Waals surface area contributed by atoms with Gasteiger partial charge in [-0.25, -0.2) is 0 Å². The minimum absolute atomic E-state index is 0.103. The molecule has 0 aromatic heterocycles. The third kappa shape index (κ3) is 3.05. The van der Waals surface area contributed by atoms with Crippen molar-refractivity contribution >= 4 is 17.5 Å². The lowest BCUT2D eigenvalue weighted by Gasteiger charge is -2.18. The van der Waals surface area contributed by atoms with Gasteiger partial charge in [0.1, 0.15) is 0 Å². The zero-order valence-corrected chi connectivity index (χ0v) is 11.5.